The smallest absolute Gasteiger partial charge is 0.264 e. The van der Waals surface area contributed by atoms with Gasteiger partial charge in [0.15, 0.2) is 0 Å². The zero-order valence-electron chi connectivity index (χ0n) is 20.4. The van der Waals surface area contributed by atoms with Crippen LogP contribution in [0, 0.1) is 0 Å². The fourth-order valence-electron chi connectivity index (χ4n) is 5.42. The molecule has 2 aromatic heterocycles. The standard InChI is InChI=1S/C34H21BrN2O/c1-3-20-8-12-22(13-9-20)24-18-28(23-14-10-21(4-2)11-15-23)32-30(19-24)37-33(36-32)26-16-17-29(35)25-6-5-7-27(31(25)26)34(37)38/h3-19H,1-2H2. The second-order valence-electron chi connectivity index (χ2n) is 9.44. The van der Waals surface area contributed by atoms with E-state index in [-0.39, 0.29) is 5.56 Å². The van der Waals surface area contributed by atoms with Crippen LogP contribution < -0.4 is 5.56 Å². The monoisotopic (exact) mass is 552 g/mol. The number of imidazole rings is 1. The van der Waals surface area contributed by atoms with Crippen molar-refractivity contribution in [3.05, 3.63) is 130 Å². The molecule has 0 saturated carbocycles. The fraction of sp³-hybridized carbons (Fsp3) is 0. The number of aromatic nitrogens is 2. The first-order chi connectivity index (χ1) is 18.6. The Morgan fingerprint density at radius 3 is 2.05 bits per heavy atom. The van der Waals surface area contributed by atoms with Crippen LogP contribution in [0.1, 0.15) is 11.1 Å². The Hall–Kier alpha value is -4.54. The van der Waals surface area contributed by atoms with Crippen LogP contribution in [0.25, 0.3) is 72.6 Å². The second-order valence-corrected chi connectivity index (χ2v) is 10.3. The molecule has 2 heterocycles. The predicted octanol–water partition coefficient (Wildman–Crippen LogP) is 8.97. The van der Waals surface area contributed by atoms with Gasteiger partial charge >= 0.3 is 0 Å². The molecule has 5 aromatic carbocycles. The highest BCUT2D eigenvalue weighted by atomic mass is 79.9. The molecule has 0 radical (unpaired) electrons. The summed E-state index contributed by atoms with van der Waals surface area (Å²) in [7, 11) is 0. The van der Waals surface area contributed by atoms with Crippen molar-refractivity contribution in [3.63, 3.8) is 0 Å². The van der Waals surface area contributed by atoms with Gasteiger partial charge in [-0.1, -0.05) is 102 Å². The maximum absolute atomic E-state index is 14.0. The molecule has 0 N–H and O–H groups in total. The van der Waals surface area contributed by atoms with Crippen molar-refractivity contribution in [2.75, 3.05) is 0 Å². The van der Waals surface area contributed by atoms with E-state index in [0.29, 0.717) is 11.0 Å². The number of benzene rings is 5. The van der Waals surface area contributed by atoms with Gasteiger partial charge in [-0.2, -0.15) is 0 Å². The molecular weight excluding hydrogens is 532 g/mol. The number of halogens is 1. The summed E-state index contributed by atoms with van der Waals surface area (Å²) in [6.45, 7) is 7.76. The van der Waals surface area contributed by atoms with Crippen LogP contribution in [-0.4, -0.2) is 9.38 Å². The van der Waals surface area contributed by atoms with Gasteiger partial charge < -0.3 is 0 Å². The Kier molecular flexibility index (Phi) is 5.07. The lowest BCUT2D eigenvalue weighted by molar-refractivity contribution is 1.19. The minimum Gasteiger partial charge on any atom is -0.268 e. The Labute approximate surface area is 227 Å². The van der Waals surface area contributed by atoms with Gasteiger partial charge in [0.05, 0.1) is 11.0 Å². The minimum absolute atomic E-state index is 0.0641. The topological polar surface area (TPSA) is 34.4 Å². The van der Waals surface area contributed by atoms with E-state index in [0.717, 1.165) is 65.0 Å². The summed E-state index contributed by atoms with van der Waals surface area (Å²) < 4.78 is 2.74. The molecule has 180 valence electrons. The Balaban J connectivity index is 1.65. The van der Waals surface area contributed by atoms with Crippen molar-refractivity contribution in [1.82, 2.24) is 9.38 Å². The lowest BCUT2D eigenvalue weighted by atomic mass is 9.96. The summed E-state index contributed by atoms with van der Waals surface area (Å²) >= 11 is 3.66. The van der Waals surface area contributed by atoms with Crippen LogP contribution in [0.3, 0.4) is 0 Å². The van der Waals surface area contributed by atoms with Gasteiger partial charge in [0.1, 0.15) is 5.65 Å². The molecule has 0 aliphatic rings. The van der Waals surface area contributed by atoms with Crippen LogP contribution in [0.2, 0.25) is 0 Å². The van der Waals surface area contributed by atoms with E-state index in [2.05, 4.69) is 89.8 Å². The van der Waals surface area contributed by atoms with Crippen molar-refractivity contribution in [2.24, 2.45) is 0 Å². The molecule has 0 amide bonds. The number of hydrogen-bond acceptors (Lipinski definition) is 2. The van der Waals surface area contributed by atoms with Gasteiger partial charge in [-0.25, -0.2) is 4.98 Å². The van der Waals surface area contributed by atoms with E-state index >= 15 is 0 Å². The maximum atomic E-state index is 14.0. The lowest BCUT2D eigenvalue weighted by Gasteiger charge is -2.10. The highest BCUT2D eigenvalue weighted by molar-refractivity contribution is 9.10. The van der Waals surface area contributed by atoms with E-state index in [1.807, 2.05) is 42.5 Å². The molecule has 3 nitrogen and oxygen atoms in total. The van der Waals surface area contributed by atoms with Crippen LogP contribution >= 0.6 is 15.9 Å². The third kappa shape index (κ3) is 3.27. The van der Waals surface area contributed by atoms with Crippen molar-refractivity contribution < 1.29 is 0 Å². The number of nitrogens with zero attached hydrogens (tertiary/aromatic N) is 2. The van der Waals surface area contributed by atoms with Crippen molar-refractivity contribution >= 4 is 66.3 Å². The normalized spacial score (nSPS) is 11.6. The van der Waals surface area contributed by atoms with E-state index in [1.165, 1.54) is 0 Å². The molecule has 0 saturated heterocycles. The quantitative estimate of drug-likeness (QED) is 0.218. The molecule has 0 atom stereocenters. The van der Waals surface area contributed by atoms with Gasteiger partial charge in [-0.05, 0) is 63.5 Å². The zero-order chi connectivity index (χ0) is 26.0. The summed E-state index contributed by atoms with van der Waals surface area (Å²) in [5.74, 6) is 0. The molecule has 7 aromatic rings. The highest BCUT2D eigenvalue weighted by Crippen LogP contribution is 2.38. The van der Waals surface area contributed by atoms with Gasteiger partial charge in [0, 0.05) is 26.2 Å². The Morgan fingerprint density at radius 2 is 1.37 bits per heavy atom. The summed E-state index contributed by atoms with van der Waals surface area (Å²) in [6.07, 6.45) is 3.67. The Morgan fingerprint density at radius 1 is 0.711 bits per heavy atom. The fourth-order valence-corrected chi connectivity index (χ4v) is 5.88. The van der Waals surface area contributed by atoms with Crippen LogP contribution in [0.15, 0.2) is 113 Å². The molecular formula is C34H21BrN2O. The van der Waals surface area contributed by atoms with Gasteiger partial charge in [0.2, 0.25) is 0 Å². The number of fused-ring (bicyclic) bond motifs is 4. The van der Waals surface area contributed by atoms with Gasteiger partial charge in [-0.15, -0.1) is 0 Å². The van der Waals surface area contributed by atoms with Crippen LogP contribution in [0.5, 0.6) is 0 Å². The van der Waals surface area contributed by atoms with Crippen LogP contribution in [-0.2, 0) is 0 Å². The molecule has 0 bridgehead atoms. The molecule has 4 heteroatoms. The Bertz CT molecular complexity index is 2120. The molecule has 0 unspecified atom stereocenters. The highest BCUT2D eigenvalue weighted by Gasteiger charge is 2.20. The molecule has 0 fully saturated rings. The first kappa shape index (κ1) is 22.6. The van der Waals surface area contributed by atoms with Gasteiger partial charge in [-0.3, -0.25) is 9.20 Å². The van der Waals surface area contributed by atoms with Crippen LogP contribution in [0.4, 0.5) is 0 Å². The second kappa shape index (κ2) is 8.51. The molecule has 0 aliphatic heterocycles. The average Bonchev–Trinajstić information content (AvgIpc) is 3.36. The predicted molar refractivity (Wildman–Crippen MR) is 164 cm³/mol. The van der Waals surface area contributed by atoms with Gasteiger partial charge in [0.25, 0.3) is 5.56 Å². The summed E-state index contributed by atoms with van der Waals surface area (Å²) in [5.41, 5.74) is 8.40. The number of rotatable bonds is 4. The largest absolute Gasteiger partial charge is 0.268 e. The summed E-state index contributed by atoms with van der Waals surface area (Å²) in [4.78, 5) is 19.2. The first-order valence-corrected chi connectivity index (χ1v) is 13.2. The molecule has 7 rings (SSSR count). The molecule has 0 spiro atoms. The third-order valence-corrected chi connectivity index (χ3v) is 8.05. The van der Waals surface area contributed by atoms with E-state index in [4.69, 9.17) is 4.98 Å². The average molecular weight is 553 g/mol. The van der Waals surface area contributed by atoms with Crippen molar-refractivity contribution in [2.45, 2.75) is 0 Å². The molecule has 38 heavy (non-hydrogen) atoms. The SMILES string of the molecule is C=Cc1ccc(-c2cc(-c3ccc(C=C)cc3)c3nc4c5ccc(Br)c6cccc(c(=O)n4c3c2)c65)cc1. The number of pyridine rings is 1. The van der Waals surface area contributed by atoms with Crippen molar-refractivity contribution in [1.29, 1.82) is 0 Å². The maximum Gasteiger partial charge on any atom is 0.264 e. The van der Waals surface area contributed by atoms with E-state index < -0.39 is 0 Å². The summed E-state index contributed by atoms with van der Waals surface area (Å²) in [6, 6.07) is 30.8. The zero-order valence-corrected chi connectivity index (χ0v) is 22.0. The van der Waals surface area contributed by atoms with E-state index in [9.17, 15) is 4.79 Å². The first-order valence-electron chi connectivity index (χ1n) is 12.4. The number of hydrogen-bond donors (Lipinski definition) is 0. The summed E-state index contributed by atoms with van der Waals surface area (Å²) in [5, 5.41) is 3.59. The molecule has 0 aliphatic carbocycles. The minimum atomic E-state index is -0.0641. The van der Waals surface area contributed by atoms with Crippen molar-refractivity contribution in [3.8, 4) is 22.3 Å². The van der Waals surface area contributed by atoms with E-state index in [1.54, 1.807) is 4.40 Å². The lowest BCUT2D eigenvalue weighted by Crippen LogP contribution is -2.13. The third-order valence-electron chi connectivity index (χ3n) is 7.36.